The first-order valence-corrected chi connectivity index (χ1v) is 7.24. The van der Waals surface area contributed by atoms with E-state index >= 15 is 0 Å². The summed E-state index contributed by atoms with van der Waals surface area (Å²) in [5.74, 6) is 0.484. The van der Waals surface area contributed by atoms with E-state index in [1.165, 1.54) is 37.2 Å². The number of thioether (sulfide) groups is 1. The maximum absolute atomic E-state index is 11.8. The molecular weight excluding hydrogens is 306 g/mol. The van der Waals surface area contributed by atoms with Gasteiger partial charge in [0.1, 0.15) is 0 Å². The van der Waals surface area contributed by atoms with Crippen LogP contribution in [0.25, 0.3) is 0 Å². The zero-order chi connectivity index (χ0) is 15.9. The zero-order valence-electron chi connectivity index (χ0n) is 11.7. The van der Waals surface area contributed by atoms with Gasteiger partial charge in [-0.3, -0.25) is 14.9 Å². The van der Waals surface area contributed by atoms with E-state index in [4.69, 9.17) is 4.74 Å². The summed E-state index contributed by atoms with van der Waals surface area (Å²) >= 11 is 1.30. The summed E-state index contributed by atoms with van der Waals surface area (Å²) in [4.78, 5) is 26.7. The highest BCUT2D eigenvalue weighted by Gasteiger charge is 2.07. The number of non-ortho nitro benzene ring substituents is 1. The molecule has 114 valence electrons. The Morgan fingerprint density at radius 1 is 1.32 bits per heavy atom. The Hall–Kier alpha value is -2.61. The summed E-state index contributed by atoms with van der Waals surface area (Å²) in [6.45, 7) is 0. The zero-order valence-corrected chi connectivity index (χ0v) is 12.5. The second-order valence-electron chi connectivity index (χ2n) is 4.18. The first-order chi connectivity index (χ1) is 10.6. The average Bonchev–Trinajstić information content (AvgIpc) is 2.54. The Morgan fingerprint density at radius 2 is 2.05 bits per heavy atom. The lowest BCUT2D eigenvalue weighted by atomic mass is 10.3. The monoisotopic (exact) mass is 319 g/mol. The first-order valence-electron chi connectivity index (χ1n) is 6.25. The number of aromatic nitrogens is 1. The molecule has 0 saturated carbocycles. The Labute approximate surface area is 130 Å². The number of methoxy groups -OCH3 is 1. The van der Waals surface area contributed by atoms with E-state index in [0.717, 1.165) is 4.90 Å². The molecular formula is C14H13N3O4S. The molecule has 1 N–H and O–H groups in total. The summed E-state index contributed by atoms with van der Waals surface area (Å²) < 4.78 is 4.93. The molecule has 0 radical (unpaired) electrons. The largest absolute Gasteiger partial charge is 0.481 e. The molecule has 1 aromatic carbocycles. The van der Waals surface area contributed by atoms with E-state index in [-0.39, 0.29) is 17.3 Å². The van der Waals surface area contributed by atoms with Crippen LogP contribution in [-0.4, -0.2) is 28.7 Å². The molecule has 1 aromatic heterocycles. The van der Waals surface area contributed by atoms with Crippen LogP contribution in [0.3, 0.4) is 0 Å². The third-order valence-corrected chi connectivity index (χ3v) is 3.66. The van der Waals surface area contributed by atoms with Crippen molar-refractivity contribution in [2.75, 3.05) is 18.2 Å². The smallest absolute Gasteiger partial charge is 0.269 e. The number of pyridine rings is 1. The average molecular weight is 319 g/mol. The van der Waals surface area contributed by atoms with Gasteiger partial charge in [0.15, 0.2) is 0 Å². The number of hydrogen-bond acceptors (Lipinski definition) is 6. The van der Waals surface area contributed by atoms with E-state index in [0.29, 0.717) is 11.6 Å². The molecule has 2 aromatic rings. The Bertz CT molecular complexity index is 659. The van der Waals surface area contributed by atoms with Gasteiger partial charge in [0, 0.05) is 23.1 Å². The van der Waals surface area contributed by atoms with Gasteiger partial charge in [-0.05, 0) is 18.2 Å². The maximum atomic E-state index is 11.8. The van der Waals surface area contributed by atoms with Crippen molar-refractivity contribution in [1.82, 2.24) is 4.98 Å². The molecule has 0 spiro atoms. The number of anilines is 1. The molecule has 0 aliphatic rings. The highest BCUT2D eigenvalue weighted by Crippen LogP contribution is 2.21. The van der Waals surface area contributed by atoms with Gasteiger partial charge in [-0.2, -0.15) is 0 Å². The van der Waals surface area contributed by atoms with E-state index < -0.39 is 4.92 Å². The minimum Gasteiger partial charge on any atom is -0.481 e. The molecule has 1 heterocycles. The molecule has 0 aliphatic heterocycles. The van der Waals surface area contributed by atoms with Crippen molar-refractivity contribution in [1.29, 1.82) is 0 Å². The number of carbonyl (C=O) groups excluding carboxylic acids is 1. The Balaban J connectivity index is 1.85. The maximum Gasteiger partial charge on any atom is 0.269 e. The van der Waals surface area contributed by atoms with E-state index in [1.807, 2.05) is 0 Å². The minimum absolute atomic E-state index is 0.0260. The summed E-state index contributed by atoms with van der Waals surface area (Å²) in [6, 6.07) is 9.40. The van der Waals surface area contributed by atoms with Gasteiger partial charge in [-0.25, -0.2) is 4.98 Å². The third-order valence-electron chi connectivity index (χ3n) is 2.65. The van der Waals surface area contributed by atoms with Crippen LogP contribution >= 0.6 is 11.8 Å². The van der Waals surface area contributed by atoms with Crippen LogP contribution in [-0.2, 0) is 4.79 Å². The van der Waals surface area contributed by atoms with E-state index in [9.17, 15) is 14.9 Å². The second kappa shape index (κ2) is 7.41. The van der Waals surface area contributed by atoms with Gasteiger partial charge in [0.25, 0.3) is 5.69 Å². The van der Waals surface area contributed by atoms with Gasteiger partial charge in [0.05, 0.1) is 29.7 Å². The molecule has 8 heteroatoms. The molecule has 7 nitrogen and oxygen atoms in total. The molecule has 0 fully saturated rings. The van der Waals surface area contributed by atoms with Gasteiger partial charge < -0.3 is 10.1 Å². The number of carbonyl (C=O) groups is 1. The van der Waals surface area contributed by atoms with Crippen molar-refractivity contribution < 1.29 is 14.5 Å². The quantitative estimate of drug-likeness (QED) is 0.500. The van der Waals surface area contributed by atoms with Crippen LogP contribution in [0.2, 0.25) is 0 Å². The molecule has 0 saturated heterocycles. The van der Waals surface area contributed by atoms with Crippen molar-refractivity contribution in [3.8, 4) is 5.88 Å². The molecule has 0 unspecified atom stereocenters. The molecule has 0 aliphatic carbocycles. The number of benzene rings is 1. The Morgan fingerprint density at radius 3 is 2.59 bits per heavy atom. The van der Waals surface area contributed by atoms with Crippen LogP contribution in [0, 0.1) is 10.1 Å². The number of nitrogens with one attached hydrogen (secondary N) is 1. The topological polar surface area (TPSA) is 94.4 Å². The number of ether oxygens (including phenoxy) is 1. The van der Waals surface area contributed by atoms with Crippen LogP contribution in [0.1, 0.15) is 0 Å². The number of amides is 1. The van der Waals surface area contributed by atoms with Crippen LogP contribution < -0.4 is 10.1 Å². The lowest BCUT2D eigenvalue weighted by Crippen LogP contribution is -2.14. The highest BCUT2D eigenvalue weighted by atomic mass is 32.2. The minimum atomic E-state index is -0.460. The van der Waals surface area contributed by atoms with E-state index in [1.54, 1.807) is 24.3 Å². The summed E-state index contributed by atoms with van der Waals surface area (Å²) in [5, 5.41) is 13.3. The molecule has 0 bridgehead atoms. The van der Waals surface area contributed by atoms with Crippen molar-refractivity contribution in [3.05, 3.63) is 52.7 Å². The van der Waals surface area contributed by atoms with Crippen molar-refractivity contribution in [3.63, 3.8) is 0 Å². The fourth-order valence-corrected chi connectivity index (χ4v) is 2.28. The fourth-order valence-electron chi connectivity index (χ4n) is 1.59. The molecule has 0 atom stereocenters. The van der Waals surface area contributed by atoms with Gasteiger partial charge in [0.2, 0.25) is 11.8 Å². The second-order valence-corrected chi connectivity index (χ2v) is 5.23. The standard InChI is InChI=1S/C14H13N3O4S/c1-21-14-7-2-10(8-15-14)16-13(18)9-22-12-5-3-11(4-6-12)17(19)20/h2-8H,9H2,1H3,(H,16,18). The molecule has 2 rings (SSSR count). The number of rotatable bonds is 6. The van der Waals surface area contributed by atoms with Crippen molar-refractivity contribution in [2.45, 2.75) is 4.90 Å². The molecule has 1 amide bonds. The van der Waals surface area contributed by atoms with E-state index in [2.05, 4.69) is 10.3 Å². The number of nitro benzene ring substituents is 1. The summed E-state index contributed by atoms with van der Waals surface area (Å²) in [7, 11) is 1.52. The van der Waals surface area contributed by atoms with Crippen LogP contribution in [0.5, 0.6) is 5.88 Å². The normalized spacial score (nSPS) is 10.0. The summed E-state index contributed by atoms with van der Waals surface area (Å²) in [6.07, 6.45) is 1.51. The third kappa shape index (κ3) is 4.45. The molecule has 22 heavy (non-hydrogen) atoms. The predicted octanol–water partition coefficient (Wildman–Crippen LogP) is 2.73. The predicted molar refractivity (Wildman–Crippen MR) is 83.2 cm³/mol. The van der Waals surface area contributed by atoms with Crippen LogP contribution in [0.4, 0.5) is 11.4 Å². The van der Waals surface area contributed by atoms with Crippen LogP contribution in [0.15, 0.2) is 47.5 Å². The Kier molecular flexibility index (Phi) is 5.31. The highest BCUT2D eigenvalue weighted by molar-refractivity contribution is 8.00. The lowest BCUT2D eigenvalue weighted by molar-refractivity contribution is -0.384. The fraction of sp³-hybridized carbons (Fsp3) is 0.143. The number of nitrogens with zero attached hydrogens (tertiary/aromatic N) is 2. The van der Waals surface area contributed by atoms with Crippen molar-refractivity contribution in [2.24, 2.45) is 0 Å². The van der Waals surface area contributed by atoms with Gasteiger partial charge in [-0.15, -0.1) is 11.8 Å². The summed E-state index contributed by atoms with van der Waals surface area (Å²) in [5.41, 5.74) is 0.605. The number of nitro groups is 1. The van der Waals surface area contributed by atoms with Gasteiger partial charge in [-0.1, -0.05) is 0 Å². The lowest BCUT2D eigenvalue weighted by Gasteiger charge is -2.05. The van der Waals surface area contributed by atoms with Crippen molar-refractivity contribution >= 4 is 29.0 Å². The van der Waals surface area contributed by atoms with Gasteiger partial charge >= 0.3 is 0 Å². The number of hydrogen-bond donors (Lipinski definition) is 1. The SMILES string of the molecule is COc1ccc(NC(=O)CSc2ccc([N+](=O)[O-])cc2)cn1. The first kappa shape index (κ1) is 15.8.